The van der Waals surface area contributed by atoms with Crippen molar-refractivity contribution in [1.29, 1.82) is 0 Å². The topological polar surface area (TPSA) is 69.4 Å². The minimum absolute atomic E-state index is 0.169. The molecule has 1 heterocycles. The summed E-state index contributed by atoms with van der Waals surface area (Å²) in [4.78, 5) is 4.09. The zero-order chi connectivity index (χ0) is 15.6. The summed E-state index contributed by atoms with van der Waals surface area (Å²) < 4.78 is 10.4. The van der Waals surface area contributed by atoms with E-state index in [1.807, 2.05) is 0 Å². The Labute approximate surface area is 136 Å². The Kier molecular flexibility index (Phi) is 4.88. The van der Waals surface area contributed by atoms with E-state index >= 15 is 0 Å². The summed E-state index contributed by atoms with van der Waals surface area (Å²) in [6.07, 6.45) is 0. The third-order valence-corrected chi connectivity index (χ3v) is 3.57. The first-order valence-corrected chi connectivity index (χ1v) is 6.89. The maximum atomic E-state index is 6.10. The van der Waals surface area contributed by atoms with Crippen molar-refractivity contribution in [2.24, 2.45) is 0 Å². The minimum atomic E-state index is 0.169. The molecule has 0 amide bonds. The summed E-state index contributed by atoms with van der Waals surface area (Å²) in [7, 11) is 3.05. The van der Waals surface area contributed by atoms with Gasteiger partial charge >= 0.3 is 0 Å². The van der Waals surface area contributed by atoms with Crippen molar-refractivity contribution < 1.29 is 9.47 Å². The molecule has 0 bridgehead atoms. The lowest BCUT2D eigenvalue weighted by atomic mass is 10.2. The highest BCUT2D eigenvalue weighted by Gasteiger charge is 2.13. The molecule has 21 heavy (non-hydrogen) atoms. The van der Waals surface area contributed by atoms with E-state index in [1.165, 1.54) is 20.3 Å². The first-order chi connectivity index (χ1) is 9.96. The van der Waals surface area contributed by atoms with Crippen molar-refractivity contribution in [2.45, 2.75) is 0 Å². The fraction of sp³-hybridized carbons (Fsp3) is 0.154. The molecule has 8 heteroatoms. The van der Waals surface area contributed by atoms with Gasteiger partial charge in [-0.15, -0.1) is 0 Å². The van der Waals surface area contributed by atoms with E-state index in [0.717, 1.165) is 0 Å². The van der Waals surface area contributed by atoms with E-state index in [2.05, 4.69) is 10.3 Å². The van der Waals surface area contributed by atoms with E-state index in [9.17, 15) is 0 Å². The number of aromatic nitrogens is 1. The van der Waals surface area contributed by atoms with Gasteiger partial charge < -0.3 is 20.5 Å². The van der Waals surface area contributed by atoms with Crippen molar-refractivity contribution in [1.82, 2.24) is 4.98 Å². The van der Waals surface area contributed by atoms with Crippen LogP contribution in [0.25, 0.3) is 0 Å². The van der Waals surface area contributed by atoms with Gasteiger partial charge in [-0.25, -0.2) is 4.98 Å². The Bertz CT molecular complexity index is 680. The number of benzene rings is 1. The second-order valence-corrected chi connectivity index (χ2v) is 5.22. The van der Waals surface area contributed by atoms with Crippen LogP contribution < -0.4 is 20.5 Å². The summed E-state index contributed by atoms with van der Waals surface area (Å²) in [5.41, 5.74) is 6.24. The number of hydrogen-bond donors (Lipinski definition) is 2. The predicted octanol–water partition coefficient (Wildman–Crippen LogP) is 4.38. The number of nitrogens with two attached hydrogens (primary N) is 1. The molecule has 112 valence electrons. The van der Waals surface area contributed by atoms with Crippen LogP contribution in [0, 0.1) is 0 Å². The van der Waals surface area contributed by atoms with Gasteiger partial charge in [0.05, 0.1) is 35.0 Å². The first kappa shape index (κ1) is 15.8. The van der Waals surface area contributed by atoms with Crippen LogP contribution in [-0.2, 0) is 0 Å². The number of nitrogens with one attached hydrogen (secondary N) is 1. The van der Waals surface area contributed by atoms with Crippen LogP contribution in [0.5, 0.6) is 11.5 Å². The van der Waals surface area contributed by atoms with Gasteiger partial charge in [0.15, 0.2) is 5.82 Å². The van der Waals surface area contributed by atoms with E-state index < -0.39 is 0 Å². The lowest BCUT2D eigenvalue weighted by Gasteiger charge is -2.14. The molecule has 2 aromatic rings. The Morgan fingerprint density at radius 2 is 1.62 bits per heavy atom. The van der Waals surface area contributed by atoms with Crippen LogP contribution in [0.1, 0.15) is 0 Å². The summed E-state index contributed by atoms with van der Waals surface area (Å²) in [5, 5.41) is 4.03. The number of nitrogens with zero attached hydrogens (tertiary/aromatic N) is 1. The number of rotatable bonds is 4. The molecular weight excluding hydrogens is 337 g/mol. The van der Waals surface area contributed by atoms with Crippen LogP contribution >= 0.6 is 34.8 Å². The van der Waals surface area contributed by atoms with E-state index in [1.54, 1.807) is 12.1 Å². The normalized spacial score (nSPS) is 10.3. The zero-order valence-electron chi connectivity index (χ0n) is 11.2. The summed E-state index contributed by atoms with van der Waals surface area (Å²) >= 11 is 18.0. The number of halogens is 3. The largest absolute Gasteiger partial charge is 0.495 e. The van der Waals surface area contributed by atoms with Crippen molar-refractivity contribution in [3.63, 3.8) is 0 Å². The second kappa shape index (κ2) is 6.47. The van der Waals surface area contributed by atoms with Crippen LogP contribution in [0.2, 0.25) is 15.1 Å². The maximum Gasteiger partial charge on any atom is 0.151 e. The number of nitrogen functional groups attached to an aromatic ring is 1. The van der Waals surface area contributed by atoms with Crippen molar-refractivity contribution in [2.75, 3.05) is 25.3 Å². The van der Waals surface area contributed by atoms with Crippen molar-refractivity contribution >= 4 is 52.1 Å². The highest BCUT2D eigenvalue weighted by Crippen LogP contribution is 2.38. The molecule has 2 rings (SSSR count). The van der Waals surface area contributed by atoms with Gasteiger partial charge in [-0.3, -0.25) is 0 Å². The monoisotopic (exact) mass is 347 g/mol. The summed E-state index contributed by atoms with van der Waals surface area (Å²) in [6, 6.07) is 4.80. The number of anilines is 3. The fourth-order valence-electron chi connectivity index (χ4n) is 1.65. The van der Waals surface area contributed by atoms with Gasteiger partial charge in [0.2, 0.25) is 0 Å². The van der Waals surface area contributed by atoms with Crippen LogP contribution in [0.4, 0.5) is 17.3 Å². The van der Waals surface area contributed by atoms with Crippen LogP contribution in [0.3, 0.4) is 0 Å². The Balaban J connectivity index is 2.44. The smallest absolute Gasteiger partial charge is 0.151 e. The van der Waals surface area contributed by atoms with Gasteiger partial charge in [-0.1, -0.05) is 34.8 Å². The molecule has 0 saturated heterocycles. The fourth-order valence-corrected chi connectivity index (χ4v) is 2.30. The molecule has 0 aliphatic heterocycles. The Morgan fingerprint density at radius 1 is 0.952 bits per heavy atom. The Hall–Kier alpha value is -1.56. The number of hydrogen-bond acceptors (Lipinski definition) is 5. The average molecular weight is 349 g/mol. The molecule has 3 N–H and O–H groups in total. The standard InChI is InChI=1S/C13H12Cl3N3O2/c1-20-10-5-11(21-2)9(4-6(10)14)18-13-8(16)3-7(15)12(17)19-13/h3-5H,1-2H3,(H3,17,18,19). The first-order valence-electron chi connectivity index (χ1n) is 5.76. The lowest BCUT2D eigenvalue weighted by molar-refractivity contribution is 0.396. The lowest BCUT2D eigenvalue weighted by Crippen LogP contribution is -2.01. The van der Waals surface area contributed by atoms with Crippen LogP contribution in [0.15, 0.2) is 18.2 Å². The van der Waals surface area contributed by atoms with Gasteiger partial charge in [0.1, 0.15) is 17.3 Å². The third kappa shape index (κ3) is 3.37. The highest BCUT2D eigenvalue weighted by molar-refractivity contribution is 6.37. The molecule has 5 nitrogen and oxygen atoms in total. The van der Waals surface area contributed by atoms with Gasteiger partial charge in [-0.2, -0.15) is 0 Å². The minimum Gasteiger partial charge on any atom is -0.495 e. The maximum absolute atomic E-state index is 6.10. The number of pyridine rings is 1. The molecule has 0 saturated carbocycles. The average Bonchev–Trinajstić information content (AvgIpc) is 2.45. The zero-order valence-corrected chi connectivity index (χ0v) is 13.5. The molecule has 1 aromatic heterocycles. The molecule has 1 aromatic carbocycles. The molecule has 0 spiro atoms. The SMILES string of the molecule is COc1cc(OC)c(Nc2nc(N)c(Cl)cc2Cl)cc1Cl. The third-order valence-electron chi connectivity index (χ3n) is 2.68. The molecule has 0 atom stereocenters. The van der Waals surface area contributed by atoms with Gasteiger partial charge in [-0.05, 0) is 12.1 Å². The molecule has 0 aliphatic carbocycles. The van der Waals surface area contributed by atoms with E-state index in [-0.39, 0.29) is 10.8 Å². The van der Waals surface area contributed by atoms with Gasteiger partial charge in [0.25, 0.3) is 0 Å². The number of methoxy groups -OCH3 is 2. The van der Waals surface area contributed by atoms with Crippen LogP contribution in [-0.4, -0.2) is 19.2 Å². The summed E-state index contributed by atoms with van der Waals surface area (Å²) in [5.74, 6) is 1.52. The van der Waals surface area contributed by atoms with E-state index in [4.69, 9.17) is 50.0 Å². The number of ether oxygens (including phenoxy) is 2. The molecule has 0 radical (unpaired) electrons. The van der Waals surface area contributed by atoms with Crippen molar-refractivity contribution in [3.05, 3.63) is 33.3 Å². The molecule has 0 unspecified atom stereocenters. The predicted molar refractivity (Wildman–Crippen MR) is 86.5 cm³/mol. The Morgan fingerprint density at radius 3 is 2.24 bits per heavy atom. The van der Waals surface area contributed by atoms with Gasteiger partial charge in [0, 0.05) is 6.07 Å². The highest BCUT2D eigenvalue weighted by atomic mass is 35.5. The molecule has 0 fully saturated rings. The summed E-state index contributed by atoms with van der Waals surface area (Å²) in [6.45, 7) is 0. The second-order valence-electron chi connectivity index (χ2n) is 4.00. The van der Waals surface area contributed by atoms with E-state index in [0.29, 0.717) is 33.0 Å². The molecular formula is C13H12Cl3N3O2. The quantitative estimate of drug-likeness (QED) is 0.858. The molecule has 0 aliphatic rings. The van der Waals surface area contributed by atoms with Crippen molar-refractivity contribution in [3.8, 4) is 11.5 Å².